The summed E-state index contributed by atoms with van der Waals surface area (Å²) in [5.74, 6) is 2.76. The van der Waals surface area contributed by atoms with Gasteiger partial charge in [0.15, 0.2) is 5.96 Å². The number of likely N-dealkylation sites (tertiary alicyclic amines) is 1. The number of hydrogen-bond donors (Lipinski definition) is 2. The second kappa shape index (κ2) is 8.41. The molecular weight excluding hydrogens is 236 g/mol. The quantitative estimate of drug-likeness (QED) is 0.548. The minimum atomic E-state index is 0.614. The molecule has 1 atom stereocenters. The van der Waals surface area contributed by atoms with E-state index in [1.807, 2.05) is 0 Å². The zero-order valence-corrected chi connectivity index (χ0v) is 13.2. The minimum absolute atomic E-state index is 0.614. The van der Waals surface area contributed by atoms with Gasteiger partial charge in [0, 0.05) is 26.2 Å². The van der Waals surface area contributed by atoms with Gasteiger partial charge in [0.2, 0.25) is 0 Å². The first kappa shape index (κ1) is 16.3. The van der Waals surface area contributed by atoms with Crippen LogP contribution < -0.4 is 11.1 Å². The van der Waals surface area contributed by atoms with E-state index in [-0.39, 0.29) is 0 Å². The molecule has 3 N–H and O–H groups in total. The molecule has 112 valence electrons. The number of rotatable bonds is 7. The van der Waals surface area contributed by atoms with Crippen LogP contribution in [-0.2, 0) is 0 Å². The van der Waals surface area contributed by atoms with Crippen LogP contribution in [0.4, 0.5) is 0 Å². The first-order valence-electron chi connectivity index (χ1n) is 7.73. The molecule has 1 rings (SSSR count). The van der Waals surface area contributed by atoms with Gasteiger partial charge in [0.1, 0.15) is 0 Å². The predicted octanol–water partition coefficient (Wildman–Crippen LogP) is 1.91. The van der Waals surface area contributed by atoms with E-state index in [9.17, 15) is 0 Å². The average Bonchev–Trinajstić information content (AvgIpc) is 2.72. The standard InChI is InChI=1S/C15H32N4/c1-12(2)5-7-17-15(16)18-9-14-6-8-19(11-14)10-13(3)4/h12-14H,5-11H2,1-4H3,(H3,16,17,18). The van der Waals surface area contributed by atoms with Crippen LogP contribution in [0.3, 0.4) is 0 Å². The van der Waals surface area contributed by atoms with Gasteiger partial charge in [-0.3, -0.25) is 4.99 Å². The van der Waals surface area contributed by atoms with Crippen molar-refractivity contribution in [1.82, 2.24) is 10.2 Å². The van der Waals surface area contributed by atoms with Crippen molar-refractivity contribution in [2.45, 2.75) is 40.5 Å². The van der Waals surface area contributed by atoms with Crippen LogP contribution in [0.15, 0.2) is 4.99 Å². The summed E-state index contributed by atoms with van der Waals surface area (Å²) in [5.41, 5.74) is 5.88. The molecule has 1 unspecified atom stereocenters. The molecule has 0 aromatic carbocycles. The summed E-state index contributed by atoms with van der Waals surface area (Å²) in [6.07, 6.45) is 2.40. The fourth-order valence-electron chi connectivity index (χ4n) is 2.52. The Morgan fingerprint density at radius 2 is 2.05 bits per heavy atom. The van der Waals surface area contributed by atoms with E-state index in [0.717, 1.165) is 25.4 Å². The van der Waals surface area contributed by atoms with Crippen molar-refractivity contribution in [3.63, 3.8) is 0 Å². The van der Waals surface area contributed by atoms with Crippen LogP contribution in [-0.4, -0.2) is 43.6 Å². The smallest absolute Gasteiger partial charge is 0.188 e. The Labute approximate surface area is 118 Å². The van der Waals surface area contributed by atoms with Crippen molar-refractivity contribution in [2.75, 3.05) is 32.7 Å². The molecule has 19 heavy (non-hydrogen) atoms. The predicted molar refractivity (Wildman–Crippen MR) is 83.3 cm³/mol. The lowest BCUT2D eigenvalue weighted by molar-refractivity contribution is 0.288. The van der Waals surface area contributed by atoms with E-state index in [1.165, 1.54) is 26.1 Å². The Hall–Kier alpha value is -0.770. The second-order valence-corrected chi connectivity index (χ2v) is 6.64. The molecule has 1 aliphatic heterocycles. The number of aliphatic imine (C=N–C) groups is 1. The number of hydrogen-bond acceptors (Lipinski definition) is 2. The summed E-state index contributed by atoms with van der Waals surface area (Å²) in [7, 11) is 0. The molecular formula is C15H32N4. The molecule has 1 fully saturated rings. The van der Waals surface area contributed by atoms with Crippen molar-refractivity contribution in [3.8, 4) is 0 Å². The number of nitrogens with two attached hydrogens (primary N) is 1. The Bertz CT molecular complexity index is 273. The lowest BCUT2D eigenvalue weighted by atomic mass is 10.1. The molecule has 0 aliphatic carbocycles. The van der Waals surface area contributed by atoms with Crippen molar-refractivity contribution in [3.05, 3.63) is 0 Å². The van der Waals surface area contributed by atoms with E-state index in [4.69, 9.17) is 5.73 Å². The van der Waals surface area contributed by atoms with Gasteiger partial charge in [-0.2, -0.15) is 0 Å². The molecule has 0 saturated carbocycles. The van der Waals surface area contributed by atoms with Gasteiger partial charge in [-0.15, -0.1) is 0 Å². The van der Waals surface area contributed by atoms with E-state index in [0.29, 0.717) is 17.8 Å². The van der Waals surface area contributed by atoms with Crippen LogP contribution in [0.25, 0.3) is 0 Å². The molecule has 0 amide bonds. The third-order valence-corrected chi connectivity index (χ3v) is 3.54. The fourth-order valence-corrected chi connectivity index (χ4v) is 2.52. The zero-order chi connectivity index (χ0) is 14.3. The van der Waals surface area contributed by atoms with E-state index < -0.39 is 0 Å². The van der Waals surface area contributed by atoms with Crippen LogP contribution in [0.1, 0.15) is 40.5 Å². The summed E-state index contributed by atoms with van der Waals surface area (Å²) in [6, 6.07) is 0. The van der Waals surface area contributed by atoms with Crippen LogP contribution in [0, 0.1) is 17.8 Å². The number of nitrogens with zero attached hydrogens (tertiary/aromatic N) is 2. The topological polar surface area (TPSA) is 53.6 Å². The van der Waals surface area contributed by atoms with Gasteiger partial charge in [-0.25, -0.2) is 0 Å². The molecule has 1 heterocycles. The molecule has 0 aromatic heterocycles. The molecule has 4 heteroatoms. The Morgan fingerprint density at radius 3 is 2.68 bits per heavy atom. The minimum Gasteiger partial charge on any atom is -0.370 e. The number of guanidine groups is 1. The van der Waals surface area contributed by atoms with Crippen molar-refractivity contribution < 1.29 is 0 Å². The molecule has 4 nitrogen and oxygen atoms in total. The lowest BCUT2D eigenvalue weighted by Gasteiger charge is -2.17. The molecule has 0 aromatic rings. The van der Waals surface area contributed by atoms with Crippen molar-refractivity contribution in [1.29, 1.82) is 0 Å². The molecule has 0 spiro atoms. The molecule has 1 aliphatic rings. The summed E-state index contributed by atoms with van der Waals surface area (Å²) in [5, 5.41) is 3.20. The first-order valence-corrected chi connectivity index (χ1v) is 7.73. The summed E-state index contributed by atoms with van der Waals surface area (Å²) in [4.78, 5) is 7.02. The highest BCUT2D eigenvalue weighted by molar-refractivity contribution is 5.77. The van der Waals surface area contributed by atoms with Crippen LogP contribution >= 0.6 is 0 Å². The maximum absolute atomic E-state index is 5.88. The van der Waals surface area contributed by atoms with E-state index in [1.54, 1.807) is 0 Å². The molecule has 0 radical (unpaired) electrons. The maximum atomic E-state index is 5.88. The molecule has 0 bridgehead atoms. The van der Waals surface area contributed by atoms with Crippen LogP contribution in [0.2, 0.25) is 0 Å². The third kappa shape index (κ3) is 7.41. The maximum Gasteiger partial charge on any atom is 0.188 e. The highest BCUT2D eigenvalue weighted by atomic mass is 15.2. The van der Waals surface area contributed by atoms with Gasteiger partial charge in [-0.05, 0) is 37.1 Å². The van der Waals surface area contributed by atoms with Crippen LogP contribution in [0.5, 0.6) is 0 Å². The Morgan fingerprint density at radius 1 is 1.32 bits per heavy atom. The normalized spacial score (nSPS) is 21.6. The summed E-state index contributed by atoms with van der Waals surface area (Å²) in [6.45, 7) is 14.4. The fraction of sp³-hybridized carbons (Fsp3) is 0.933. The van der Waals surface area contributed by atoms with Crippen molar-refractivity contribution in [2.24, 2.45) is 28.5 Å². The third-order valence-electron chi connectivity index (χ3n) is 3.54. The van der Waals surface area contributed by atoms with E-state index in [2.05, 4.69) is 42.9 Å². The number of nitrogens with one attached hydrogen (secondary N) is 1. The molecule has 1 saturated heterocycles. The lowest BCUT2D eigenvalue weighted by Crippen LogP contribution is -2.33. The summed E-state index contributed by atoms with van der Waals surface area (Å²) >= 11 is 0. The van der Waals surface area contributed by atoms with Gasteiger partial charge < -0.3 is 16.0 Å². The van der Waals surface area contributed by atoms with Gasteiger partial charge in [0.05, 0.1) is 0 Å². The van der Waals surface area contributed by atoms with Gasteiger partial charge >= 0.3 is 0 Å². The highest BCUT2D eigenvalue weighted by Crippen LogP contribution is 2.17. The largest absolute Gasteiger partial charge is 0.370 e. The average molecular weight is 268 g/mol. The SMILES string of the molecule is CC(C)CCNC(N)=NCC1CCN(CC(C)C)C1. The highest BCUT2D eigenvalue weighted by Gasteiger charge is 2.22. The van der Waals surface area contributed by atoms with Crippen molar-refractivity contribution >= 4 is 5.96 Å². The summed E-state index contributed by atoms with van der Waals surface area (Å²) < 4.78 is 0. The Kier molecular flexibility index (Phi) is 7.21. The monoisotopic (exact) mass is 268 g/mol. The second-order valence-electron chi connectivity index (χ2n) is 6.64. The first-order chi connectivity index (χ1) is 8.97. The van der Waals surface area contributed by atoms with E-state index >= 15 is 0 Å². The zero-order valence-electron chi connectivity index (χ0n) is 13.2. The van der Waals surface area contributed by atoms with Gasteiger partial charge in [-0.1, -0.05) is 27.7 Å². The van der Waals surface area contributed by atoms with Gasteiger partial charge in [0.25, 0.3) is 0 Å². The Balaban J connectivity index is 2.17.